The molecule has 1 unspecified atom stereocenters. The Kier molecular flexibility index (Phi) is 2.89. The Morgan fingerprint density at radius 2 is 2.21 bits per heavy atom. The molecule has 0 spiro atoms. The Balaban J connectivity index is 1.72. The van der Waals surface area contributed by atoms with E-state index >= 15 is 0 Å². The number of H-pyrrole nitrogens is 1. The standard InChI is InChI=1S/C14H22N4O/c1-14(2)8-18(6-5-11(14)15)13(19)10-7-16-12(17-10)9-3-4-9/h7,9,11H,3-6,8,15H2,1-2H3,(H,16,17). The first-order valence-electron chi connectivity index (χ1n) is 7.07. The van der Waals surface area contributed by atoms with E-state index in [1.807, 2.05) is 4.90 Å². The molecule has 5 nitrogen and oxygen atoms in total. The number of aromatic nitrogens is 2. The highest BCUT2D eigenvalue weighted by Gasteiger charge is 2.36. The second-order valence-electron chi connectivity index (χ2n) is 6.57. The van der Waals surface area contributed by atoms with Crippen molar-refractivity contribution in [2.45, 2.75) is 45.1 Å². The molecule has 1 aliphatic heterocycles. The summed E-state index contributed by atoms with van der Waals surface area (Å²) in [6.07, 6.45) is 4.92. The van der Waals surface area contributed by atoms with Gasteiger partial charge in [-0.05, 0) is 24.7 Å². The second-order valence-corrected chi connectivity index (χ2v) is 6.57. The first-order valence-corrected chi connectivity index (χ1v) is 7.07. The molecule has 3 N–H and O–H groups in total. The molecule has 1 aromatic rings. The number of carbonyl (C=O) groups excluding carboxylic acids is 1. The number of nitrogens with two attached hydrogens (primary N) is 1. The molecule has 5 heteroatoms. The number of hydrogen-bond donors (Lipinski definition) is 2. The van der Waals surface area contributed by atoms with E-state index in [0.29, 0.717) is 18.2 Å². The molecule has 1 atom stereocenters. The molecule has 1 amide bonds. The lowest BCUT2D eigenvalue weighted by molar-refractivity contribution is 0.0528. The number of nitrogens with one attached hydrogen (secondary N) is 1. The topological polar surface area (TPSA) is 75.0 Å². The highest BCUT2D eigenvalue weighted by Crippen LogP contribution is 2.38. The maximum absolute atomic E-state index is 12.5. The fraction of sp³-hybridized carbons (Fsp3) is 0.714. The second kappa shape index (κ2) is 4.34. The van der Waals surface area contributed by atoms with Crippen LogP contribution in [0.25, 0.3) is 0 Å². The molecule has 2 aliphatic rings. The van der Waals surface area contributed by atoms with Crippen LogP contribution >= 0.6 is 0 Å². The molecule has 1 saturated carbocycles. The maximum Gasteiger partial charge on any atom is 0.271 e. The molecular formula is C14H22N4O. The number of imidazole rings is 1. The Bertz CT molecular complexity index is 489. The third-order valence-corrected chi connectivity index (χ3v) is 4.39. The van der Waals surface area contributed by atoms with Crippen LogP contribution in [-0.2, 0) is 0 Å². The average Bonchev–Trinajstić information content (AvgIpc) is 3.10. The first kappa shape index (κ1) is 12.7. The fourth-order valence-electron chi connectivity index (χ4n) is 2.73. The number of carbonyl (C=O) groups is 1. The Morgan fingerprint density at radius 3 is 2.84 bits per heavy atom. The van der Waals surface area contributed by atoms with Crippen LogP contribution in [0.4, 0.5) is 0 Å². The van der Waals surface area contributed by atoms with Crippen LogP contribution in [-0.4, -0.2) is 39.9 Å². The van der Waals surface area contributed by atoms with Gasteiger partial charge >= 0.3 is 0 Å². The lowest BCUT2D eigenvalue weighted by Gasteiger charge is -2.42. The van der Waals surface area contributed by atoms with Crippen molar-refractivity contribution in [2.24, 2.45) is 11.1 Å². The monoisotopic (exact) mass is 262 g/mol. The van der Waals surface area contributed by atoms with Gasteiger partial charge in [0, 0.05) is 25.0 Å². The van der Waals surface area contributed by atoms with Crippen LogP contribution in [0, 0.1) is 5.41 Å². The summed E-state index contributed by atoms with van der Waals surface area (Å²) in [5.74, 6) is 1.57. The van der Waals surface area contributed by atoms with Gasteiger partial charge in [-0.3, -0.25) is 4.79 Å². The quantitative estimate of drug-likeness (QED) is 0.848. The van der Waals surface area contributed by atoms with Crippen molar-refractivity contribution in [3.63, 3.8) is 0 Å². The predicted molar refractivity (Wildman–Crippen MR) is 72.8 cm³/mol. The van der Waals surface area contributed by atoms with Crippen molar-refractivity contribution < 1.29 is 4.79 Å². The Hall–Kier alpha value is -1.36. The van der Waals surface area contributed by atoms with E-state index < -0.39 is 0 Å². The normalized spacial score (nSPS) is 26.5. The molecule has 0 bridgehead atoms. The van der Waals surface area contributed by atoms with Gasteiger partial charge in [-0.1, -0.05) is 13.8 Å². The van der Waals surface area contributed by atoms with E-state index in [0.717, 1.165) is 18.8 Å². The summed E-state index contributed by atoms with van der Waals surface area (Å²) in [6, 6.07) is 0.167. The van der Waals surface area contributed by atoms with E-state index in [4.69, 9.17) is 5.73 Å². The minimum absolute atomic E-state index is 0.0206. The summed E-state index contributed by atoms with van der Waals surface area (Å²) in [5, 5.41) is 0. The predicted octanol–water partition coefficient (Wildman–Crippen LogP) is 1.49. The number of aromatic amines is 1. The number of likely N-dealkylation sites (tertiary alicyclic amines) is 1. The summed E-state index contributed by atoms with van der Waals surface area (Å²) in [7, 11) is 0. The van der Waals surface area contributed by atoms with Gasteiger partial charge in [-0.2, -0.15) is 0 Å². The number of rotatable bonds is 2. The zero-order valence-corrected chi connectivity index (χ0v) is 11.6. The van der Waals surface area contributed by atoms with Gasteiger partial charge in [-0.25, -0.2) is 4.98 Å². The summed E-state index contributed by atoms with van der Waals surface area (Å²) < 4.78 is 0. The van der Waals surface area contributed by atoms with Crippen LogP contribution in [0.15, 0.2) is 6.20 Å². The van der Waals surface area contributed by atoms with Crippen LogP contribution in [0.3, 0.4) is 0 Å². The minimum Gasteiger partial charge on any atom is -0.338 e. The van der Waals surface area contributed by atoms with E-state index in [-0.39, 0.29) is 17.4 Å². The summed E-state index contributed by atoms with van der Waals surface area (Å²) >= 11 is 0. The average molecular weight is 262 g/mol. The lowest BCUT2D eigenvalue weighted by Crippen LogP contribution is -2.54. The summed E-state index contributed by atoms with van der Waals surface area (Å²) in [4.78, 5) is 21.9. The fourth-order valence-corrected chi connectivity index (χ4v) is 2.73. The van der Waals surface area contributed by atoms with Crippen molar-refractivity contribution >= 4 is 5.91 Å². The molecule has 2 fully saturated rings. The van der Waals surface area contributed by atoms with Crippen molar-refractivity contribution in [2.75, 3.05) is 13.1 Å². The molecule has 0 aromatic carbocycles. The van der Waals surface area contributed by atoms with Crippen LogP contribution in [0.1, 0.15) is 55.3 Å². The van der Waals surface area contributed by atoms with E-state index in [1.165, 1.54) is 12.8 Å². The first-order chi connectivity index (χ1) is 8.97. The summed E-state index contributed by atoms with van der Waals surface area (Å²) in [5.41, 5.74) is 6.71. The van der Waals surface area contributed by atoms with Crippen molar-refractivity contribution in [3.8, 4) is 0 Å². The van der Waals surface area contributed by atoms with Gasteiger partial charge in [0.1, 0.15) is 11.5 Å². The third kappa shape index (κ3) is 2.39. The van der Waals surface area contributed by atoms with Crippen molar-refractivity contribution in [3.05, 3.63) is 17.7 Å². The molecule has 1 aromatic heterocycles. The van der Waals surface area contributed by atoms with Crippen molar-refractivity contribution in [1.29, 1.82) is 0 Å². The van der Waals surface area contributed by atoms with Crippen LogP contribution in [0.5, 0.6) is 0 Å². The molecule has 1 saturated heterocycles. The largest absolute Gasteiger partial charge is 0.338 e. The lowest BCUT2D eigenvalue weighted by atomic mass is 9.79. The van der Waals surface area contributed by atoms with Crippen LogP contribution < -0.4 is 5.73 Å². The van der Waals surface area contributed by atoms with Gasteiger partial charge in [0.15, 0.2) is 0 Å². The zero-order valence-electron chi connectivity index (χ0n) is 11.6. The highest BCUT2D eigenvalue weighted by atomic mass is 16.2. The third-order valence-electron chi connectivity index (χ3n) is 4.39. The van der Waals surface area contributed by atoms with E-state index in [2.05, 4.69) is 23.8 Å². The van der Waals surface area contributed by atoms with Gasteiger partial charge in [0.2, 0.25) is 0 Å². The van der Waals surface area contributed by atoms with Gasteiger partial charge < -0.3 is 15.6 Å². The molecule has 1 aliphatic carbocycles. The molecular weight excluding hydrogens is 240 g/mol. The Labute approximate surface area is 113 Å². The van der Waals surface area contributed by atoms with E-state index in [1.54, 1.807) is 6.20 Å². The number of hydrogen-bond acceptors (Lipinski definition) is 3. The molecule has 19 heavy (non-hydrogen) atoms. The van der Waals surface area contributed by atoms with Crippen molar-refractivity contribution in [1.82, 2.24) is 14.9 Å². The summed E-state index contributed by atoms with van der Waals surface area (Å²) in [6.45, 7) is 5.70. The highest BCUT2D eigenvalue weighted by molar-refractivity contribution is 5.92. The number of amides is 1. The van der Waals surface area contributed by atoms with Gasteiger partial charge in [-0.15, -0.1) is 0 Å². The smallest absolute Gasteiger partial charge is 0.271 e. The Morgan fingerprint density at radius 1 is 1.47 bits per heavy atom. The zero-order chi connectivity index (χ0) is 13.6. The number of nitrogens with zero attached hydrogens (tertiary/aromatic N) is 2. The SMILES string of the molecule is CC1(C)CN(C(=O)c2cnc(C3CC3)[nH]2)CCC1N. The minimum atomic E-state index is -0.0206. The van der Waals surface area contributed by atoms with Crippen LogP contribution in [0.2, 0.25) is 0 Å². The maximum atomic E-state index is 12.5. The molecule has 0 radical (unpaired) electrons. The van der Waals surface area contributed by atoms with Gasteiger partial charge in [0.25, 0.3) is 5.91 Å². The molecule has 2 heterocycles. The molecule has 3 rings (SSSR count). The van der Waals surface area contributed by atoms with E-state index in [9.17, 15) is 4.79 Å². The molecule has 104 valence electrons. The van der Waals surface area contributed by atoms with Gasteiger partial charge in [0.05, 0.1) is 6.20 Å². The number of piperidine rings is 1.